The molecule has 3 atom stereocenters. The summed E-state index contributed by atoms with van der Waals surface area (Å²) in [6.45, 7) is 2.80. The van der Waals surface area contributed by atoms with Gasteiger partial charge in [0.05, 0.1) is 12.5 Å². The number of rotatable bonds is 4. The van der Waals surface area contributed by atoms with Crippen molar-refractivity contribution in [1.29, 1.82) is 0 Å². The van der Waals surface area contributed by atoms with Gasteiger partial charge in [-0.2, -0.15) is 0 Å². The van der Waals surface area contributed by atoms with Crippen molar-refractivity contribution >= 4 is 17.7 Å². The van der Waals surface area contributed by atoms with Crippen molar-refractivity contribution < 1.29 is 14.4 Å². The van der Waals surface area contributed by atoms with Crippen LogP contribution in [0.15, 0.2) is 30.3 Å². The molecule has 1 fully saturated rings. The van der Waals surface area contributed by atoms with Crippen LogP contribution < -0.4 is 16.4 Å². The van der Waals surface area contributed by atoms with E-state index in [2.05, 4.69) is 10.6 Å². The molecule has 1 aliphatic rings. The molecule has 3 unspecified atom stereocenters. The molecule has 3 amide bonds. The van der Waals surface area contributed by atoms with E-state index < -0.39 is 17.9 Å². The quantitative estimate of drug-likeness (QED) is 0.663. The first-order valence-corrected chi connectivity index (χ1v) is 8.03. The zero-order valence-corrected chi connectivity index (χ0v) is 14.0. The van der Waals surface area contributed by atoms with Crippen molar-refractivity contribution in [3.05, 3.63) is 35.9 Å². The highest BCUT2D eigenvalue weighted by Crippen LogP contribution is 2.18. The molecule has 1 aromatic carbocycles. The highest BCUT2D eigenvalue weighted by atomic mass is 16.2. The Morgan fingerprint density at radius 1 is 1.25 bits per heavy atom. The van der Waals surface area contributed by atoms with Crippen LogP contribution in [0, 0.1) is 5.92 Å². The summed E-state index contributed by atoms with van der Waals surface area (Å²) in [6.07, 6.45) is 0.0649. The molecule has 1 aromatic rings. The van der Waals surface area contributed by atoms with Gasteiger partial charge in [0.25, 0.3) is 0 Å². The van der Waals surface area contributed by atoms with E-state index >= 15 is 0 Å². The lowest BCUT2D eigenvalue weighted by molar-refractivity contribution is -0.145. The van der Waals surface area contributed by atoms with Gasteiger partial charge in [-0.15, -0.1) is 0 Å². The van der Waals surface area contributed by atoms with Gasteiger partial charge in [-0.05, 0) is 11.5 Å². The molecule has 1 heterocycles. The van der Waals surface area contributed by atoms with Crippen molar-refractivity contribution in [3.63, 3.8) is 0 Å². The SMILES string of the molecule is CNC(=O)CC(NC(=O)C(=O)N1CC(C)C(N)C1)c1ccccc1. The van der Waals surface area contributed by atoms with Gasteiger partial charge < -0.3 is 21.3 Å². The number of nitrogens with one attached hydrogen (secondary N) is 2. The van der Waals surface area contributed by atoms with Crippen molar-refractivity contribution in [1.82, 2.24) is 15.5 Å². The molecule has 0 bridgehead atoms. The Hall–Kier alpha value is -2.41. The number of hydrogen-bond acceptors (Lipinski definition) is 4. The van der Waals surface area contributed by atoms with Gasteiger partial charge in [0.15, 0.2) is 0 Å². The number of carbonyl (C=O) groups is 3. The number of amides is 3. The van der Waals surface area contributed by atoms with Gasteiger partial charge in [0, 0.05) is 26.2 Å². The Morgan fingerprint density at radius 2 is 1.92 bits per heavy atom. The molecule has 7 nitrogen and oxygen atoms in total. The van der Waals surface area contributed by atoms with Gasteiger partial charge in [-0.1, -0.05) is 37.3 Å². The third-order valence-electron chi connectivity index (χ3n) is 4.33. The van der Waals surface area contributed by atoms with Crippen LogP contribution in [0.4, 0.5) is 0 Å². The van der Waals surface area contributed by atoms with Gasteiger partial charge in [-0.3, -0.25) is 14.4 Å². The topological polar surface area (TPSA) is 105 Å². The standard InChI is InChI=1S/C17H24N4O3/c1-11-9-21(10-13(11)18)17(24)16(23)20-14(8-15(22)19-2)12-6-4-3-5-7-12/h3-7,11,13-14H,8-10,18H2,1-2H3,(H,19,22)(H,20,23). The molecule has 1 saturated heterocycles. The molecule has 24 heavy (non-hydrogen) atoms. The highest BCUT2D eigenvalue weighted by molar-refractivity contribution is 6.35. The Kier molecular flexibility index (Phi) is 5.92. The average Bonchev–Trinajstić information content (AvgIpc) is 2.93. The highest BCUT2D eigenvalue weighted by Gasteiger charge is 2.33. The maximum absolute atomic E-state index is 12.3. The van der Waals surface area contributed by atoms with E-state index in [0.29, 0.717) is 13.1 Å². The number of benzene rings is 1. The predicted octanol–water partition coefficient (Wildman–Crippen LogP) is -0.214. The minimum absolute atomic E-state index is 0.0649. The first-order valence-electron chi connectivity index (χ1n) is 8.03. The number of nitrogens with two attached hydrogens (primary N) is 1. The summed E-state index contributed by atoms with van der Waals surface area (Å²) in [6, 6.07) is 8.44. The first kappa shape index (κ1) is 17.9. The van der Waals surface area contributed by atoms with Gasteiger partial charge in [-0.25, -0.2) is 0 Å². The van der Waals surface area contributed by atoms with Crippen LogP contribution >= 0.6 is 0 Å². The Balaban J connectivity index is 2.07. The van der Waals surface area contributed by atoms with E-state index in [4.69, 9.17) is 5.73 Å². The third-order valence-corrected chi connectivity index (χ3v) is 4.33. The molecule has 0 aliphatic carbocycles. The predicted molar refractivity (Wildman–Crippen MR) is 89.7 cm³/mol. The van der Waals surface area contributed by atoms with E-state index in [1.54, 1.807) is 0 Å². The number of likely N-dealkylation sites (tertiary alicyclic amines) is 1. The molecular formula is C17H24N4O3. The second kappa shape index (κ2) is 7.92. The molecular weight excluding hydrogens is 308 g/mol. The largest absolute Gasteiger partial charge is 0.359 e. The normalized spacial score (nSPS) is 21.2. The minimum atomic E-state index is -0.714. The second-order valence-corrected chi connectivity index (χ2v) is 6.17. The fraction of sp³-hybridized carbons (Fsp3) is 0.471. The second-order valence-electron chi connectivity index (χ2n) is 6.17. The summed E-state index contributed by atoms with van der Waals surface area (Å²) in [7, 11) is 1.53. The van der Waals surface area contributed by atoms with Crippen LogP contribution in [0.25, 0.3) is 0 Å². The van der Waals surface area contributed by atoms with Crippen molar-refractivity contribution in [2.45, 2.75) is 25.4 Å². The van der Waals surface area contributed by atoms with E-state index in [1.807, 2.05) is 37.3 Å². The third kappa shape index (κ3) is 4.32. The molecule has 2 rings (SSSR count). The molecule has 4 N–H and O–H groups in total. The maximum atomic E-state index is 12.3. The Labute approximate surface area is 141 Å². The van der Waals surface area contributed by atoms with E-state index in [0.717, 1.165) is 5.56 Å². The monoisotopic (exact) mass is 332 g/mol. The average molecular weight is 332 g/mol. The van der Waals surface area contributed by atoms with Crippen LogP contribution in [-0.2, 0) is 14.4 Å². The van der Waals surface area contributed by atoms with E-state index in [1.165, 1.54) is 11.9 Å². The van der Waals surface area contributed by atoms with Crippen molar-refractivity contribution in [3.8, 4) is 0 Å². The van der Waals surface area contributed by atoms with Crippen LogP contribution in [-0.4, -0.2) is 48.8 Å². The number of carbonyl (C=O) groups excluding carboxylic acids is 3. The van der Waals surface area contributed by atoms with Crippen molar-refractivity contribution in [2.75, 3.05) is 20.1 Å². The molecule has 1 aliphatic heterocycles. The molecule has 0 radical (unpaired) electrons. The summed E-state index contributed by atoms with van der Waals surface area (Å²) in [5, 5.41) is 5.21. The molecule has 7 heteroatoms. The fourth-order valence-corrected chi connectivity index (χ4v) is 2.75. The van der Waals surface area contributed by atoms with E-state index in [-0.39, 0.29) is 24.3 Å². The summed E-state index contributed by atoms with van der Waals surface area (Å²) in [4.78, 5) is 37.8. The fourth-order valence-electron chi connectivity index (χ4n) is 2.75. The Bertz CT molecular complexity index is 595. The lowest BCUT2D eigenvalue weighted by atomic mass is 10.0. The lowest BCUT2D eigenvalue weighted by Gasteiger charge is -2.21. The lowest BCUT2D eigenvalue weighted by Crippen LogP contribution is -2.44. The summed E-state index contributed by atoms with van der Waals surface area (Å²) in [5.41, 5.74) is 6.68. The van der Waals surface area contributed by atoms with Crippen LogP contribution in [0.5, 0.6) is 0 Å². The smallest absolute Gasteiger partial charge is 0.311 e. The number of nitrogens with zero attached hydrogens (tertiary/aromatic N) is 1. The first-order chi connectivity index (χ1) is 11.4. The van der Waals surface area contributed by atoms with Crippen LogP contribution in [0.1, 0.15) is 24.9 Å². The summed E-state index contributed by atoms with van der Waals surface area (Å²) in [5.74, 6) is -1.37. The zero-order valence-electron chi connectivity index (χ0n) is 14.0. The van der Waals surface area contributed by atoms with Gasteiger partial charge in [0.1, 0.15) is 0 Å². The molecule has 0 spiro atoms. The molecule has 0 aromatic heterocycles. The summed E-state index contributed by atoms with van der Waals surface area (Å²) < 4.78 is 0. The minimum Gasteiger partial charge on any atom is -0.359 e. The van der Waals surface area contributed by atoms with Crippen molar-refractivity contribution in [2.24, 2.45) is 11.7 Å². The summed E-state index contributed by atoms with van der Waals surface area (Å²) >= 11 is 0. The molecule has 0 saturated carbocycles. The maximum Gasteiger partial charge on any atom is 0.311 e. The number of hydrogen-bond donors (Lipinski definition) is 3. The van der Waals surface area contributed by atoms with Gasteiger partial charge in [0.2, 0.25) is 5.91 Å². The molecule has 130 valence electrons. The van der Waals surface area contributed by atoms with Crippen LogP contribution in [0.2, 0.25) is 0 Å². The van der Waals surface area contributed by atoms with Crippen LogP contribution in [0.3, 0.4) is 0 Å². The Morgan fingerprint density at radius 3 is 2.46 bits per heavy atom. The van der Waals surface area contributed by atoms with E-state index in [9.17, 15) is 14.4 Å². The zero-order chi connectivity index (χ0) is 17.7. The van der Waals surface area contributed by atoms with Gasteiger partial charge >= 0.3 is 11.8 Å².